The van der Waals surface area contributed by atoms with Crippen molar-refractivity contribution in [1.29, 1.82) is 0 Å². The predicted molar refractivity (Wildman–Crippen MR) is 131 cm³/mol. The maximum Gasteiger partial charge on any atom is 0.223 e. The Balaban J connectivity index is 0.00000300. The second-order valence-corrected chi connectivity index (χ2v) is 7.61. The van der Waals surface area contributed by atoms with Crippen LogP contribution in [0.3, 0.4) is 0 Å². The molecule has 1 aliphatic rings. The van der Waals surface area contributed by atoms with E-state index < -0.39 is 0 Å². The van der Waals surface area contributed by atoms with Crippen molar-refractivity contribution in [3.05, 3.63) is 65.7 Å². The third kappa shape index (κ3) is 5.72. The lowest BCUT2D eigenvalue weighted by Crippen LogP contribution is -2.27. The summed E-state index contributed by atoms with van der Waals surface area (Å²) in [5.41, 5.74) is 9.49. The summed E-state index contributed by atoms with van der Waals surface area (Å²) < 4.78 is 0. The maximum atomic E-state index is 12.2. The number of amides is 1. The molecule has 0 saturated carbocycles. The lowest BCUT2D eigenvalue weighted by atomic mass is 9.94. The van der Waals surface area contributed by atoms with Crippen LogP contribution in [0.5, 0.6) is 0 Å². The first-order valence-corrected chi connectivity index (χ1v) is 9.97. The molecule has 3 rings (SSSR count). The number of carbonyl (C=O) groups excluding carboxylic acids is 1. The van der Waals surface area contributed by atoms with E-state index in [0.717, 1.165) is 17.7 Å². The molecule has 1 aliphatic heterocycles. The van der Waals surface area contributed by atoms with E-state index in [-0.39, 0.29) is 41.8 Å². The lowest BCUT2D eigenvalue weighted by molar-refractivity contribution is -0.127. The highest BCUT2D eigenvalue weighted by Gasteiger charge is 2.38. The van der Waals surface area contributed by atoms with Gasteiger partial charge >= 0.3 is 0 Å². The van der Waals surface area contributed by atoms with Crippen LogP contribution < -0.4 is 11.1 Å². The molecular weight excluding hydrogens is 475 g/mol. The van der Waals surface area contributed by atoms with E-state index in [0.29, 0.717) is 24.8 Å². The SMILES string of the molecule is CCC(C)c1ccc(NC(N)=NCC2CC(=O)N(C)C2c2ccccc2)cc1.I. The summed E-state index contributed by atoms with van der Waals surface area (Å²) in [6.45, 7) is 4.93. The number of hydrogen-bond donors (Lipinski definition) is 2. The van der Waals surface area contributed by atoms with Crippen LogP contribution in [-0.2, 0) is 4.79 Å². The first kappa shape index (κ1) is 23.2. The Bertz CT molecular complexity index is 823. The second-order valence-electron chi connectivity index (χ2n) is 7.61. The van der Waals surface area contributed by atoms with Gasteiger partial charge in [0.15, 0.2) is 5.96 Å². The van der Waals surface area contributed by atoms with Gasteiger partial charge in [0.2, 0.25) is 5.91 Å². The Morgan fingerprint density at radius 1 is 1.21 bits per heavy atom. The van der Waals surface area contributed by atoms with E-state index in [1.54, 1.807) is 0 Å². The first-order chi connectivity index (χ1) is 13.5. The number of anilines is 1. The molecule has 1 heterocycles. The number of nitrogens with two attached hydrogens (primary N) is 1. The average Bonchev–Trinajstić information content (AvgIpc) is 3.00. The standard InChI is InChI=1S/C23H30N4O.HI/c1-4-16(2)17-10-12-20(13-11-17)26-23(24)25-15-19-14-21(28)27(3)22(19)18-8-6-5-7-9-18;/h5-13,16,19,22H,4,14-15H2,1-3H3,(H3,24,25,26);1H. The van der Waals surface area contributed by atoms with E-state index in [2.05, 4.69) is 48.4 Å². The monoisotopic (exact) mass is 506 g/mol. The van der Waals surface area contributed by atoms with E-state index in [4.69, 9.17) is 5.73 Å². The molecule has 156 valence electrons. The number of rotatable bonds is 6. The molecule has 3 N–H and O–H groups in total. The molecule has 1 saturated heterocycles. The smallest absolute Gasteiger partial charge is 0.223 e. The predicted octanol–water partition coefficient (Wildman–Crippen LogP) is 4.76. The second kappa shape index (κ2) is 10.6. The molecule has 2 aromatic carbocycles. The highest BCUT2D eigenvalue weighted by molar-refractivity contribution is 14.0. The zero-order valence-electron chi connectivity index (χ0n) is 17.3. The number of likely N-dealkylation sites (tertiary alicyclic amines) is 1. The van der Waals surface area contributed by atoms with Gasteiger partial charge in [0.25, 0.3) is 0 Å². The number of hydrogen-bond acceptors (Lipinski definition) is 2. The molecule has 29 heavy (non-hydrogen) atoms. The summed E-state index contributed by atoms with van der Waals surface area (Å²) in [4.78, 5) is 18.6. The van der Waals surface area contributed by atoms with Crippen LogP contribution in [0, 0.1) is 5.92 Å². The molecule has 0 aliphatic carbocycles. The Hall–Kier alpha value is -2.09. The molecule has 3 atom stereocenters. The molecular formula is C23H31IN4O. The molecule has 2 aromatic rings. The summed E-state index contributed by atoms with van der Waals surface area (Å²) >= 11 is 0. The third-order valence-electron chi connectivity index (χ3n) is 5.70. The number of guanidine groups is 1. The van der Waals surface area contributed by atoms with Crippen molar-refractivity contribution in [3.8, 4) is 0 Å². The van der Waals surface area contributed by atoms with Crippen molar-refractivity contribution < 1.29 is 4.79 Å². The Morgan fingerprint density at radius 3 is 2.48 bits per heavy atom. The molecule has 0 bridgehead atoms. The van der Waals surface area contributed by atoms with Crippen LogP contribution in [-0.4, -0.2) is 30.4 Å². The molecule has 3 unspecified atom stereocenters. The summed E-state index contributed by atoms with van der Waals surface area (Å²) in [5.74, 6) is 1.20. The van der Waals surface area contributed by atoms with E-state index in [1.165, 1.54) is 5.56 Å². The molecule has 5 nitrogen and oxygen atoms in total. The quantitative estimate of drug-likeness (QED) is 0.337. The van der Waals surface area contributed by atoms with E-state index in [9.17, 15) is 4.79 Å². The van der Waals surface area contributed by atoms with Crippen molar-refractivity contribution in [2.24, 2.45) is 16.6 Å². The van der Waals surface area contributed by atoms with Gasteiger partial charge in [-0.1, -0.05) is 56.3 Å². The van der Waals surface area contributed by atoms with Crippen molar-refractivity contribution in [2.75, 3.05) is 18.9 Å². The fraction of sp³-hybridized carbons (Fsp3) is 0.391. The fourth-order valence-electron chi connectivity index (χ4n) is 3.80. The maximum absolute atomic E-state index is 12.2. The fourth-order valence-corrected chi connectivity index (χ4v) is 3.80. The number of carbonyl (C=O) groups is 1. The van der Waals surface area contributed by atoms with Gasteiger partial charge in [-0.2, -0.15) is 0 Å². The molecule has 0 spiro atoms. The Kier molecular flexibility index (Phi) is 8.49. The Morgan fingerprint density at radius 2 is 1.86 bits per heavy atom. The Labute approximate surface area is 190 Å². The van der Waals surface area contributed by atoms with Crippen LogP contribution in [0.25, 0.3) is 0 Å². The summed E-state index contributed by atoms with van der Waals surface area (Å²) in [5, 5.41) is 3.16. The summed E-state index contributed by atoms with van der Waals surface area (Å²) in [6, 6.07) is 18.5. The van der Waals surface area contributed by atoms with Gasteiger partial charge in [0, 0.05) is 31.6 Å². The lowest BCUT2D eigenvalue weighted by Gasteiger charge is -2.24. The number of nitrogens with one attached hydrogen (secondary N) is 1. The van der Waals surface area contributed by atoms with Crippen LogP contribution in [0.2, 0.25) is 0 Å². The minimum atomic E-state index is 0. The van der Waals surface area contributed by atoms with Gasteiger partial charge in [-0.3, -0.25) is 9.79 Å². The average molecular weight is 506 g/mol. The summed E-state index contributed by atoms with van der Waals surface area (Å²) in [6.07, 6.45) is 1.62. The van der Waals surface area contributed by atoms with Gasteiger partial charge < -0.3 is 16.0 Å². The molecule has 6 heteroatoms. The zero-order valence-corrected chi connectivity index (χ0v) is 19.7. The largest absolute Gasteiger partial charge is 0.370 e. The minimum absolute atomic E-state index is 0. The van der Waals surface area contributed by atoms with Gasteiger partial charge in [-0.15, -0.1) is 24.0 Å². The van der Waals surface area contributed by atoms with Crippen molar-refractivity contribution >= 4 is 41.5 Å². The van der Waals surface area contributed by atoms with Gasteiger partial charge in [-0.25, -0.2) is 0 Å². The summed E-state index contributed by atoms with van der Waals surface area (Å²) in [7, 11) is 1.87. The minimum Gasteiger partial charge on any atom is -0.370 e. The van der Waals surface area contributed by atoms with Crippen LogP contribution in [0.4, 0.5) is 5.69 Å². The van der Waals surface area contributed by atoms with Gasteiger partial charge in [-0.05, 0) is 35.6 Å². The van der Waals surface area contributed by atoms with Crippen molar-refractivity contribution in [1.82, 2.24) is 4.90 Å². The number of halogens is 1. The van der Waals surface area contributed by atoms with E-state index in [1.807, 2.05) is 42.3 Å². The molecule has 1 amide bonds. The zero-order chi connectivity index (χ0) is 20.1. The number of aliphatic imine (C=N–C) groups is 1. The van der Waals surface area contributed by atoms with Crippen molar-refractivity contribution in [3.63, 3.8) is 0 Å². The number of nitrogens with zero attached hydrogens (tertiary/aromatic N) is 2. The van der Waals surface area contributed by atoms with Crippen molar-refractivity contribution in [2.45, 2.75) is 38.6 Å². The van der Waals surface area contributed by atoms with Crippen LogP contribution in [0.15, 0.2) is 59.6 Å². The molecule has 0 aromatic heterocycles. The molecule has 0 radical (unpaired) electrons. The van der Waals surface area contributed by atoms with Crippen LogP contribution in [0.1, 0.15) is 49.8 Å². The molecule has 1 fully saturated rings. The van der Waals surface area contributed by atoms with Gasteiger partial charge in [0.05, 0.1) is 6.04 Å². The highest BCUT2D eigenvalue weighted by Crippen LogP contribution is 2.37. The first-order valence-electron chi connectivity index (χ1n) is 9.97. The third-order valence-corrected chi connectivity index (χ3v) is 5.70. The van der Waals surface area contributed by atoms with Gasteiger partial charge in [0.1, 0.15) is 0 Å². The van der Waals surface area contributed by atoms with Crippen LogP contribution >= 0.6 is 24.0 Å². The normalized spacial score (nSPS) is 20.3. The highest BCUT2D eigenvalue weighted by atomic mass is 127. The van der Waals surface area contributed by atoms with E-state index >= 15 is 0 Å². The topological polar surface area (TPSA) is 70.7 Å². The number of benzene rings is 2.